The molecule has 0 saturated carbocycles. The van der Waals surface area contributed by atoms with E-state index in [2.05, 4.69) is 35.6 Å². The molecule has 2 heterocycles. The number of rotatable bonds is 4. The van der Waals surface area contributed by atoms with Crippen LogP contribution in [0.1, 0.15) is 11.4 Å². The number of hydrogen-bond acceptors (Lipinski definition) is 7. The van der Waals surface area contributed by atoms with Crippen LogP contribution < -0.4 is 5.32 Å². The molecule has 0 aliphatic heterocycles. The molecule has 23 heavy (non-hydrogen) atoms. The van der Waals surface area contributed by atoms with E-state index in [0.29, 0.717) is 11.4 Å². The highest BCUT2D eigenvalue weighted by molar-refractivity contribution is 6.31. The van der Waals surface area contributed by atoms with Gasteiger partial charge in [0.25, 0.3) is 0 Å². The summed E-state index contributed by atoms with van der Waals surface area (Å²) in [6.45, 7) is 0.261. The van der Waals surface area contributed by atoms with Crippen molar-refractivity contribution in [1.82, 2.24) is 25.1 Å². The zero-order valence-corrected chi connectivity index (χ0v) is 12.1. The second-order valence-electron chi connectivity index (χ2n) is 4.40. The summed E-state index contributed by atoms with van der Waals surface area (Å²) in [7, 11) is 0. The Morgan fingerprint density at radius 3 is 2.83 bits per heavy atom. The van der Waals surface area contributed by atoms with E-state index in [4.69, 9.17) is 11.6 Å². The van der Waals surface area contributed by atoms with Crippen LogP contribution in [-0.2, 0) is 6.54 Å². The summed E-state index contributed by atoms with van der Waals surface area (Å²) in [6, 6.07) is 3.95. The van der Waals surface area contributed by atoms with Crippen LogP contribution in [0.3, 0.4) is 0 Å². The van der Waals surface area contributed by atoms with Gasteiger partial charge in [0.05, 0.1) is 11.6 Å². The third-order valence-electron chi connectivity index (χ3n) is 2.86. The summed E-state index contributed by atoms with van der Waals surface area (Å²) in [4.78, 5) is 0. The maximum absolute atomic E-state index is 13.2. The lowest BCUT2D eigenvalue weighted by Gasteiger charge is -2.07. The number of amidine groups is 1. The third-order valence-corrected chi connectivity index (χ3v) is 3.15. The molecule has 0 bridgehead atoms. The number of nitrogens with one attached hydrogen (secondary N) is 1. The maximum Gasteiger partial charge on any atom is 0.201 e. The number of anilines is 1. The van der Waals surface area contributed by atoms with Crippen molar-refractivity contribution >= 4 is 23.1 Å². The number of benzene rings is 1. The summed E-state index contributed by atoms with van der Waals surface area (Å²) < 4.78 is 19.5. The van der Waals surface area contributed by atoms with Crippen LogP contribution in [0.2, 0.25) is 5.02 Å². The van der Waals surface area contributed by atoms with Crippen LogP contribution in [0.15, 0.2) is 40.6 Å². The molecule has 2 aromatic heterocycles. The molecule has 0 aliphatic rings. The third kappa shape index (κ3) is 3.26. The van der Waals surface area contributed by atoms with Gasteiger partial charge in [-0.15, -0.1) is 10.2 Å². The summed E-state index contributed by atoms with van der Waals surface area (Å²) in [5.41, 5.74) is 0.974. The van der Waals surface area contributed by atoms with Crippen molar-refractivity contribution in [2.45, 2.75) is 6.54 Å². The minimum Gasteiger partial charge on any atom is -0.409 e. The first-order chi connectivity index (χ1) is 11.2. The molecule has 0 unspecified atom stereocenters. The summed E-state index contributed by atoms with van der Waals surface area (Å²) in [5.74, 6) is -0.590. The average molecular weight is 338 g/mol. The summed E-state index contributed by atoms with van der Waals surface area (Å²) in [5, 5.41) is 29.8. The van der Waals surface area contributed by atoms with Crippen molar-refractivity contribution in [3.63, 3.8) is 0 Å². The predicted molar refractivity (Wildman–Crippen MR) is 76.8 cm³/mol. The topological polar surface area (TPSA) is 114 Å². The van der Waals surface area contributed by atoms with E-state index < -0.39 is 5.82 Å². The molecule has 0 amide bonds. The van der Waals surface area contributed by atoms with Crippen LogP contribution in [0.25, 0.3) is 0 Å². The first-order valence-electron chi connectivity index (χ1n) is 6.25. The Labute approximate surface area is 133 Å². The van der Waals surface area contributed by atoms with Gasteiger partial charge in [0.15, 0.2) is 5.69 Å². The van der Waals surface area contributed by atoms with Crippen molar-refractivity contribution in [1.29, 1.82) is 0 Å². The molecule has 0 spiro atoms. The number of aromatic nitrogens is 5. The van der Waals surface area contributed by atoms with Gasteiger partial charge in [-0.05, 0) is 23.4 Å². The molecule has 0 aliphatic carbocycles. The molecule has 3 aromatic rings. The van der Waals surface area contributed by atoms with Crippen LogP contribution in [0.5, 0.6) is 0 Å². The Kier molecular flexibility index (Phi) is 4.15. The van der Waals surface area contributed by atoms with Gasteiger partial charge in [-0.1, -0.05) is 21.9 Å². The van der Waals surface area contributed by atoms with Gasteiger partial charge in [0.1, 0.15) is 24.2 Å². The lowest BCUT2D eigenvalue weighted by Crippen LogP contribution is -2.17. The van der Waals surface area contributed by atoms with Crippen molar-refractivity contribution in [2.24, 2.45) is 5.16 Å². The average Bonchev–Trinajstić information content (AvgIpc) is 3.21. The van der Waals surface area contributed by atoms with Crippen molar-refractivity contribution in [2.75, 3.05) is 5.32 Å². The molecule has 9 nitrogen and oxygen atoms in total. The molecular formula is C12H9ClFN7O2. The highest BCUT2D eigenvalue weighted by atomic mass is 35.5. The molecule has 11 heteroatoms. The van der Waals surface area contributed by atoms with Gasteiger partial charge in [-0.3, -0.25) is 0 Å². The number of hydrogen-bond donors (Lipinski definition) is 2. The van der Waals surface area contributed by atoms with Crippen molar-refractivity contribution in [3.8, 4) is 0 Å². The van der Waals surface area contributed by atoms with E-state index in [1.165, 1.54) is 30.9 Å². The second-order valence-corrected chi connectivity index (χ2v) is 4.80. The molecule has 0 fully saturated rings. The lowest BCUT2D eigenvalue weighted by molar-refractivity contribution is 0.300. The minimum absolute atomic E-state index is 0.0306. The SMILES string of the molecule is O/N=C(/Nc1ccc(F)c(Cl)c1)c1nonc1Cn1cnnc1. The van der Waals surface area contributed by atoms with E-state index in [1.807, 2.05) is 0 Å². The Morgan fingerprint density at radius 2 is 2.13 bits per heavy atom. The fourth-order valence-electron chi connectivity index (χ4n) is 1.81. The highest BCUT2D eigenvalue weighted by Crippen LogP contribution is 2.20. The van der Waals surface area contributed by atoms with Crippen molar-refractivity contribution < 1.29 is 14.2 Å². The van der Waals surface area contributed by atoms with Crippen LogP contribution >= 0.6 is 11.6 Å². The Bertz CT molecular complexity index is 834. The number of nitrogens with zero attached hydrogens (tertiary/aromatic N) is 6. The van der Waals surface area contributed by atoms with E-state index in [1.54, 1.807) is 4.57 Å². The number of halogens is 2. The Balaban J connectivity index is 1.84. The minimum atomic E-state index is -0.559. The molecule has 2 N–H and O–H groups in total. The first-order valence-corrected chi connectivity index (χ1v) is 6.63. The molecule has 0 saturated heterocycles. The zero-order chi connectivity index (χ0) is 16.2. The monoisotopic (exact) mass is 337 g/mol. The van der Waals surface area contributed by atoms with E-state index in [-0.39, 0.29) is 23.1 Å². The molecule has 118 valence electrons. The maximum atomic E-state index is 13.2. The largest absolute Gasteiger partial charge is 0.409 e. The fourth-order valence-corrected chi connectivity index (χ4v) is 1.99. The molecule has 3 rings (SSSR count). The fraction of sp³-hybridized carbons (Fsp3) is 0.0833. The van der Waals surface area contributed by atoms with Crippen LogP contribution in [0.4, 0.5) is 10.1 Å². The Hall–Kier alpha value is -3.01. The Morgan fingerprint density at radius 1 is 1.35 bits per heavy atom. The van der Waals surface area contributed by atoms with Gasteiger partial charge in [-0.2, -0.15) is 0 Å². The lowest BCUT2D eigenvalue weighted by atomic mass is 10.2. The number of oxime groups is 1. The van der Waals surface area contributed by atoms with Gasteiger partial charge < -0.3 is 15.1 Å². The molecule has 0 atom stereocenters. The highest BCUT2D eigenvalue weighted by Gasteiger charge is 2.18. The summed E-state index contributed by atoms with van der Waals surface area (Å²) >= 11 is 5.71. The van der Waals surface area contributed by atoms with Crippen LogP contribution in [-0.4, -0.2) is 36.1 Å². The molecule has 1 aromatic carbocycles. The zero-order valence-electron chi connectivity index (χ0n) is 11.4. The smallest absolute Gasteiger partial charge is 0.201 e. The van der Waals surface area contributed by atoms with Crippen molar-refractivity contribution in [3.05, 3.63) is 53.1 Å². The van der Waals surface area contributed by atoms with Gasteiger partial charge in [0.2, 0.25) is 5.84 Å². The van der Waals surface area contributed by atoms with E-state index in [0.717, 1.165) is 0 Å². The quantitative estimate of drug-likeness (QED) is 0.322. The predicted octanol–water partition coefficient (Wildman–Crippen LogP) is 1.75. The van der Waals surface area contributed by atoms with E-state index in [9.17, 15) is 9.60 Å². The van der Waals surface area contributed by atoms with Gasteiger partial charge in [-0.25, -0.2) is 9.02 Å². The van der Waals surface area contributed by atoms with Gasteiger partial charge >= 0.3 is 0 Å². The van der Waals surface area contributed by atoms with E-state index >= 15 is 0 Å². The first kappa shape index (κ1) is 14.9. The standard InChI is InChI=1S/C12H9ClFN7O2/c13-8-3-7(1-2-9(8)14)17-12(18-22)11-10(19-23-20-11)4-21-5-15-16-6-21/h1-3,5-6,22H,4H2,(H,17,18). The second kappa shape index (κ2) is 6.40. The normalized spacial score (nSPS) is 11.7. The van der Waals surface area contributed by atoms with Crippen LogP contribution in [0, 0.1) is 5.82 Å². The summed E-state index contributed by atoms with van der Waals surface area (Å²) in [6.07, 6.45) is 2.97. The molecule has 0 radical (unpaired) electrons. The molecular weight excluding hydrogens is 329 g/mol. The van der Waals surface area contributed by atoms with Gasteiger partial charge in [0, 0.05) is 5.69 Å².